The van der Waals surface area contributed by atoms with E-state index in [0.717, 1.165) is 23.7 Å². The van der Waals surface area contributed by atoms with Gasteiger partial charge in [-0.15, -0.1) is 0 Å². The van der Waals surface area contributed by atoms with Crippen LogP contribution in [-0.2, 0) is 8.85 Å². The van der Waals surface area contributed by atoms with E-state index < -0.39 is 16.6 Å². The van der Waals surface area contributed by atoms with E-state index in [2.05, 4.69) is 66.1 Å². The summed E-state index contributed by atoms with van der Waals surface area (Å²) in [7, 11) is -2.95. The maximum Gasteiger partial charge on any atom is 0.184 e. The maximum absolute atomic E-state index is 6.65. The van der Waals surface area contributed by atoms with E-state index in [1.165, 1.54) is 51.4 Å². The predicted molar refractivity (Wildman–Crippen MR) is 137 cm³/mol. The van der Waals surface area contributed by atoms with E-state index >= 15 is 0 Å². The van der Waals surface area contributed by atoms with Crippen LogP contribution in [0.25, 0.3) is 0 Å². The molecule has 0 bridgehead atoms. The minimum absolute atomic E-state index is 0.428. The van der Waals surface area contributed by atoms with Crippen LogP contribution in [0.4, 0.5) is 0 Å². The molecule has 4 aliphatic rings. The van der Waals surface area contributed by atoms with Crippen molar-refractivity contribution in [3.8, 4) is 0 Å². The molecule has 3 fully saturated rings. The van der Waals surface area contributed by atoms with Crippen molar-refractivity contribution < 1.29 is 8.85 Å². The van der Waals surface area contributed by atoms with Crippen molar-refractivity contribution in [1.82, 2.24) is 0 Å². The third-order valence-electron chi connectivity index (χ3n) is 9.76. The molecule has 0 heterocycles. The molecular weight excluding hydrogens is 412 g/mol. The lowest BCUT2D eigenvalue weighted by Crippen LogP contribution is -2.52. The van der Waals surface area contributed by atoms with Crippen molar-refractivity contribution >= 4 is 16.6 Å². The predicted octanol–water partition coefficient (Wildman–Crippen LogP) is 8.03. The first-order valence-electron chi connectivity index (χ1n) is 13.3. The van der Waals surface area contributed by atoms with E-state index in [1.54, 1.807) is 5.57 Å². The molecule has 0 aromatic carbocycles. The fourth-order valence-electron chi connectivity index (χ4n) is 8.68. The summed E-state index contributed by atoms with van der Waals surface area (Å²) in [6.07, 6.45) is 14.4. The molecule has 31 heavy (non-hydrogen) atoms. The summed E-state index contributed by atoms with van der Waals surface area (Å²) in [6, 6.07) is 0. The normalized spacial score (nSPS) is 44.2. The summed E-state index contributed by atoms with van der Waals surface area (Å²) in [5.74, 6) is 3.44. The zero-order valence-electron chi connectivity index (χ0n) is 22.0. The number of hydrogen-bond donors (Lipinski definition) is 0. The molecule has 0 amide bonds. The van der Waals surface area contributed by atoms with E-state index in [-0.39, 0.29) is 0 Å². The van der Waals surface area contributed by atoms with E-state index in [4.69, 9.17) is 8.85 Å². The zero-order valence-corrected chi connectivity index (χ0v) is 24.0. The summed E-state index contributed by atoms with van der Waals surface area (Å²) < 4.78 is 13.2. The molecule has 0 aromatic rings. The fraction of sp³-hybridized carbons (Fsp3) is 0.926. The highest BCUT2D eigenvalue weighted by atomic mass is 28.4. The molecule has 0 N–H and O–H groups in total. The largest absolute Gasteiger partial charge is 0.415 e. The molecule has 0 aromatic heterocycles. The maximum atomic E-state index is 6.65. The molecule has 2 nitrogen and oxygen atoms in total. The SMILES string of the molecule is CC(O[Si](C)(C)C)C1CCC2C3CC=C4CC(O[Si](C)(C)C)CCC4(C)C3CCC12C. The molecule has 178 valence electrons. The van der Waals surface area contributed by atoms with Crippen LogP contribution < -0.4 is 0 Å². The van der Waals surface area contributed by atoms with Gasteiger partial charge in [-0.25, -0.2) is 0 Å². The summed E-state index contributed by atoms with van der Waals surface area (Å²) in [6.45, 7) is 21.8. The van der Waals surface area contributed by atoms with E-state index in [9.17, 15) is 0 Å². The van der Waals surface area contributed by atoms with Gasteiger partial charge in [0.05, 0.1) is 0 Å². The topological polar surface area (TPSA) is 18.5 Å². The molecule has 0 spiro atoms. The van der Waals surface area contributed by atoms with Crippen molar-refractivity contribution in [2.75, 3.05) is 0 Å². The average molecular weight is 463 g/mol. The molecule has 0 radical (unpaired) electrons. The first kappa shape index (κ1) is 24.2. The highest BCUT2D eigenvalue weighted by Crippen LogP contribution is 2.67. The third-order valence-corrected chi connectivity index (χ3v) is 11.9. The van der Waals surface area contributed by atoms with Crippen molar-refractivity contribution in [3.05, 3.63) is 11.6 Å². The van der Waals surface area contributed by atoms with Gasteiger partial charge in [0.1, 0.15) is 0 Å². The van der Waals surface area contributed by atoms with Gasteiger partial charge in [0.15, 0.2) is 16.6 Å². The van der Waals surface area contributed by atoms with Gasteiger partial charge in [0, 0.05) is 12.2 Å². The third kappa shape index (κ3) is 4.57. The Kier molecular flexibility index (Phi) is 6.33. The summed E-state index contributed by atoms with van der Waals surface area (Å²) >= 11 is 0. The van der Waals surface area contributed by atoms with Crippen LogP contribution in [0.1, 0.15) is 72.1 Å². The van der Waals surface area contributed by atoms with Crippen LogP contribution in [-0.4, -0.2) is 28.8 Å². The number of fused-ring (bicyclic) bond motifs is 5. The van der Waals surface area contributed by atoms with Gasteiger partial charge in [0.25, 0.3) is 0 Å². The Balaban J connectivity index is 1.52. The van der Waals surface area contributed by atoms with E-state index in [0.29, 0.717) is 23.0 Å². The van der Waals surface area contributed by atoms with Gasteiger partial charge >= 0.3 is 0 Å². The quantitative estimate of drug-likeness (QED) is 0.304. The lowest BCUT2D eigenvalue weighted by atomic mass is 9.47. The van der Waals surface area contributed by atoms with Crippen LogP contribution >= 0.6 is 0 Å². The minimum atomic E-state index is -1.49. The molecule has 0 aliphatic heterocycles. The van der Waals surface area contributed by atoms with Crippen LogP contribution in [0, 0.1) is 34.5 Å². The van der Waals surface area contributed by atoms with Crippen molar-refractivity contribution in [3.63, 3.8) is 0 Å². The molecular formula is C27H50O2Si2. The van der Waals surface area contributed by atoms with Gasteiger partial charge in [-0.05, 0) is 132 Å². The molecule has 4 heteroatoms. The summed E-state index contributed by atoms with van der Waals surface area (Å²) in [4.78, 5) is 0. The van der Waals surface area contributed by atoms with Gasteiger partial charge in [-0.3, -0.25) is 0 Å². The summed E-state index contributed by atoms with van der Waals surface area (Å²) in [5, 5.41) is 0. The Morgan fingerprint density at radius 1 is 0.903 bits per heavy atom. The van der Waals surface area contributed by atoms with E-state index in [1.807, 2.05) is 0 Å². The van der Waals surface area contributed by atoms with Gasteiger partial charge < -0.3 is 8.85 Å². The van der Waals surface area contributed by atoms with Crippen molar-refractivity contribution in [1.29, 1.82) is 0 Å². The molecule has 0 saturated heterocycles. The highest BCUT2D eigenvalue weighted by Gasteiger charge is 2.59. The van der Waals surface area contributed by atoms with Crippen molar-refractivity contribution in [2.24, 2.45) is 34.5 Å². The minimum Gasteiger partial charge on any atom is -0.415 e. The summed E-state index contributed by atoms with van der Waals surface area (Å²) in [5.41, 5.74) is 2.68. The number of allylic oxidation sites excluding steroid dienone is 1. The van der Waals surface area contributed by atoms with Gasteiger partial charge in [-0.1, -0.05) is 25.5 Å². The lowest BCUT2D eigenvalue weighted by Gasteiger charge is -2.58. The molecule has 8 atom stereocenters. The zero-order chi connectivity index (χ0) is 22.8. The van der Waals surface area contributed by atoms with Gasteiger partial charge in [-0.2, -0.15) is 0 Å². The number of hydrogen-bond acceptors (Lipinski definition) is 2. The van der Waals surface area contributed by atoms with Crippen molar-refractivity contribution in [2.45, 2.75) is 124 Å². The Bertz CT molecular complexity index is 705. The standard InChI is InChI=1S/C27H50O2Si2/c1-19(28-30(4,5)6)23-12-13-24-22-11-10-20-18-21(29-31(7,8)9)14-16-26(20,2)25(22)15-17-27(23,24)3/h10,19,21-25H,11-18H2,1-9H3. The fourth-order valence-corrected chi connectivity index (χ4v) is 11.2. The highest BCUT2D eigenvalue weighted by molar-refractivity contribution is 6.70. The second kappa shape index (κ2) is 8.10. The Labute approximate surface area is 195 Å². The first-order chi connectivity index (χ1) is 14.2. The Morgan fingerprint density at radius 2 is 1.61 bits per heavy atom. The lowest BCUT2D eigenvalue weighted by molar-refractivity contribution is -0.0643. The average Bonchev–Trinajstić information content (AvgIpc) is 2.97. The molecule has 4 rings (SSSR count). The van der Waals surface area contributed by atoms with Crippen LogP contribution in [0.5, 0.6) is 0 Å². The van der Waals surface area contributed by atoms with Crippen LogP contribution in [0.2, 0.25) is 39.3 Å². The van der Waals surface area contributed by atoms with Gasteiger partial charge in [0.2, 0.25) is 0 Å². The first-order valence-corrected chi connectivity index (χ1v) is 20.1. The Morgan fingerprint density at radius 3 is 2.26 bits per heavy atom. The molecule has 8 unspecified atom stereocenters. The monoisotopic (exact) mass is 462 g/mol. The second-order valence-electron chi connectivity index (χ2n) is 14.0. The second-order valence-corrected chi connectivity index (χ2v) is 22.9. The smallest absolute Gasteiger partial charge is 0.184 e. The van der Waals surface area contributed by atoms with Crippen LogP contribution in [0.15, 0.2) is 11.6 Å². The molecule has 4 aliphatic carbocycles. The van der Waals surface area contributed by atoms with Crippen LogP contribution in [0.3, 0.4) is 0 Å². The Hall–Kier alpha value is 0.0938. The molecule has 3 saturated carbocycles. The number of rotatable bonds is 5.